The summed E-state index contributed by atoms with van der Waals surface area (Å²) < 4.78 is 0. The van der Waals surface area contributed by atoms with E-state index in [4.69, 9.17) is 0 Å². The molecule has 0 saturated carbocycles. The average molecular weight is 352 g/mol. The van der Waals surface area contributed by atoms with E-state index in [0.29, 0.717) is 13.1 Å². The van der Waals surface area contributed by atoms with Crippen molar-refractivity contribution in [2.75, 3.05) is 6.54 Å². The van der Waals surface area contributed by atoms with Gasteiger partial charge >= 0.3 is 0 Å². The van der Waals surface area contributed by atoms with Crippen LogP contribution in [0.2, 0.25) is 0 Å². The Labute approximate surface area is 156 Å². The van der Waals surface area contributed by atoms with Gasteiger partial charge < -0.3 is 10.2 Å². The predicted octanol–water partition coefficient (Wildman–Crippen LogP) is 3.56. The molecule has 0 aliphatic rings. The van der Waals surface area contributed by atoms with Crippen molar-refractivity contribution >= 4 is 11.8 Å². The van der Waals surface area contributed by atoms with Gasteiger partial charge in [0.15, 0.2) is 0 Å². The van der Waals surface area contributed by atoms with Crippen LogP contribution in [0.15, 0.2) is 60.7 Å². The largest absolute Gasteiger partial charge is 0.356 e. The second-order valence-electron chi connectivity index (χ2n) is 6.72. The maximum absolute atomic E-state index is 12.5. The smallest absolute Gasteiger partial charge is 0.232 e. The highest BCUT2D eigenvalue weighted by Crippen LogP contribution is 2.10. The molecule has 0 fully saturated rings. The van der Waals surface area contributed by atoms with Crippen molar-refractivity contribution in [1.82, 2.24) is 10.2 Å². The van der Waals surface area contributed by atoms with Crippen LogP contribution in [0.4, 0.5) is 0 Å². The molecule has 138 valence electrons. The molecule has 2 rings (SSSR count). The minimum Gasteiger partial charge on any atom is -0.356 e. The number of hydrogen-bond acceptors (Lipinski definition) is 2. The van der Waals surface area contributed by atoms with Crippen molar-refractivity contribution in [2.45, 2.75) is 45.7 Å². The molecule has 0 aliphatic heterocycles. The van der Waals surface area contributed by atoms with Gasteiger partial charge in [0, 0.05) is 19.1 Å². The molecule has 0 aliphatic carbocycles. The summed E-state index contributed by atoms with van der Waals surface area (Å²) in [5.74, 6) is -0.341. The summed E-state index contributed by atoms with van der Waals surface area (Å²) >= 11 is 0. The fourth-order valence-corrected chi connectivity index (χ4v) is 2.81. The molecular formula is C22H28N2O2. The highest BCUT2D eigenvalue weighted by atomic mass is 16.2. The van der Waals surface area contributed by atoms with Crippen molar-refractivity contribution in [2.24, 2.45) is 0 Å². The summed E-state index contributed by atoms with van der Waals surface area (Å²) in [6.07, 6.45) is 1.68. The molecule has 0 radical (unpaired) electrons. The molecule has 0 aromatic heterocycles. The van der Waals surface area contributed by atoms with Gasteiger partial charge in [0.05, 0.1) is 0 Å². The number of nitrogens with zero attached hydrogens (tertiary/aromatic N) is 1. The number of nitrogens with one attached hydrogen (secondary N) is 1. The van der Waals surface area contributed by atoms with E-state index in [-0.39, 0.29) is 24.3 Å². The Morgan fingerprint density at radius 2 is 1.50 bits per heavy atom. The Bertz CT molecular complexity index is 684. The number of aryl methyl sites for hydroxylation is 1. The fraction of sp³-hybridized carbons (Fsp3) is 0.364. The number of amides is 2. The van der Waals surface area contributed by atoms with Gasteiger partial charge in [-0.25, -0.2) is 0 Å². The minimum atomic E-state index is -0.207. The van der Waals surface area contributed by atoms with Gasteiger partial charge in [0.2, 0.25) is 11.8 Å². The zero-order valence-corrected chi connectivity index (χ0v) is 15.7. The summed E-state index contributed by atoms with van der Waals surface area (Å²) in [4.78, 5) is 26.4. The molecule has 1 N–H and O–H groups in total. The molecule has 0 heterocycles. The van der Waals surface area contributed by atoms with Crippen LogP contribution in [0.3, 0.4) is 0 Å². The molecule has 4 nitrogen and oxygen atoms in total. The highest BCUT2D eigenvalue weighted by Gasteiger charge is 2.20. The minimum absolute atomic E-state index is 0.0496. The number of carbonyl (C=O) groups excluding carboxylic acids is 2. The number of benzene rings is 2. The first-order valence-electron chi connectivity index (χ1n) is 9.20. The summed E-state index contributed by atoms with van der Waals surface area (Å²) in [5.41, 5.74) is 2.32. The van der Waals surface area contributed by atoms with Crippen LogP contribution in [0, 0.1) is 0 Å². The molecule has 2 aromatic carbocycles. The van der Waals surface area contributed by atoms with Gasteiger partial charge in [-0.3, -0.25) is 9.59 Å². The van der Waals surface area contributed by atoms with Crippen molar-refractivity contribution in [1.29, 1.82) is 0 Å². The lowest BCUT2D eigenvalue weighted by molar-refractivity contribution is -0.137. The first-order valence-corrected chi connectivity index (χ1v) is 9.20. The molecule has 0 unspecified atom stereocenters. The van der Waals surface area contributed by atoms with Crippen molar-refractivity contribution in [3.05, 3.63) is 71.8 Å². The summed E-state index contributed by atoms with van der Waals surface area (Å²) in [5, 5.41) is 2.86. The van der Waals surface area contributed by atoms with Gasteiger partial charge in [-0.15, -0.1) is 0 Å². The van der Waals surface area contributed by atoms with E-state index in [1.807, 2.05) is 62.4 Å². The zero-order chi connectivity index (χ0) is 18.8. The van der Waals surface area contributed by atoms with Crippen LogP contribution < -0.4 is 5.32 Å². The molecule has 0 spiro atoms. The molecule has 26 heavy (non-hydrogen) atoms. The third kappa shape index (κ3) is 6.71. The third-order valence-corrected chi connectivity index (χ3v) is 4.26. The van der Waals surface area contributed by atoms with E-state index >= 15 is 0 Å². The van der Waals surface area contributed by atoms with E-state index in [1.165, 1.54) is 5.56 Å². The van der Waals surface area contributed by atoms with Gasteiger partial charge in [-0.05, 0) is 37.8 Å². The molecule has 2 aromatic rings. The van der Waals surface area contributed by atoms with Gasteiger partial charge in [0.1, 0.15) is 6.42 Å². The third-order valence-electron chi connectivity index (χ3n) is 4.26. The number of carbonyl (C=O) groups is 2. The maximum atomic E-state index is 12.5. The normalized spacial score (nSPS) is 10.6. The Kier molecular flexibility index (Phi) is 7.87. The molecule has 0 bridgehead atoms. The second-order valence-corrected chi connectivity index (χ2v) is 6.72. The van der Waals surface area contributed by atoms with Crippen LogP contribution in [0.1, 0.15) is 37.8 Å². The first-order chi connectivity index (χ1) is 12.6. The molecule has 4 heteroatoms. The number of rotatable bonds is 9. The van der Waals surface area contributed by atoms with Crippen LogP contribution >= 0.6 is 0 Å². The van der Waals surface area contributed by atoms with E-state index in [9.17, 15) is 9.59 Å². The van der Waals surface area contributed by atoms with Crippen LogP contribution in [-0.4, -0.2) is 29.3 Å². The lowest BCUT2D eigenvalue weighted by Crippen LogP contribution is -2.39. The standard InChI is InChI=1S/C22H28N2O2/c1-18(2)24(17-20-12-7-4-8-13-20)22(26)16-21(25)23-15-9-14-19-10-5-3-6-11-19/h3-8,10-13,18H,9,14-17H2,1-2H3,(H,23,25). The van der Waals surface area contributed by atoms with Crippen LogP contribution in [0.5, 0.6) is 0 Å². The summed E-state index contributed by atoms with van der Waals surface area (Å²) in [7, 11) is 0. The topological polar surface area (TPSA) is 49.4 Å². The SMILES string of the molecule is CC(C)N(Cc1ccccc1)C(=O)CC(=O)NCCCc1ccccc1. The lowest BCUT2D eigenvalue weighted by Gasteiger charge is -2.26. The van der Waals surface area contributed by atoms with Crippen molar-refractivity contribution in [3.63, 3.8) is 0 Å². The molecule has 0 saturated heterocycles. The Hall–Kier alpha value is -2.62. The molecule has 0 atom stereocenters. The maximum Gasteiger partial charge on any atom is 0.232 e. The van der Waals surface area contributed by atoms with Crippen LogP contribution in [-0.2, 0) is 22.6 Å². The van der Waals surface area contributed by atoms with E-state index < -0.39 is 0 Å². The summed E-state index contributed by atoms with van der Waals surface area (Å²) in [6.45, 7) is 5.05. The van der Waals surface area contributed by atoms with Crippen LogP contribution in [0.25, 0.3) is 0 Å². The molecular weight excluding hydrogens is 324 g/mol. The van der Waals surface area contributed by atoms with E-state index in [2.05, 4.69) is 17.4 Å². The average Bonchev–Trinajstić information content (AvgIpc) is 2.64. The highest BCUT2D eigenvalue weighted by molar-refractivity contribution is 5.96. The van der Waals surface area contributed by atoms with E-state index in [0.717, 1.165) is 18.4 Å². The second kappa shape index (κ2) is 10.4. The molecule has 2 amide bonds. The quantitative estimate of drug-likeness (QED) is 0.554. The zero-order valence-electron chi connectivity index (χ0n) is 15.7. The Morgan fingerprint density at radius 3 is 2.08 bits per heavy atom. The van der Waals surface area contributed by atoms with Gasteiger partial charge in [-0.2, -0.15) is 0 Å². The van der Waals surface area contributed by atoms with Gasteiger partial charge in [-0.1, -0.05) is 60.7 Å². The fourth-order valence-electron chi connectivity index (χ4n) is 2.81. The summed E-state index contributed by atoms with van der Waals surface area (Å²) in [6, 6.07) is 20.1. The predicted molar refractivity (Wildman–Crippen MR) is 105 cm³/mol. The monoisotopic (exact) mass is 352 g/mol. The first kappa shape index (κ1) is 19.7. The number of hydrogen-bond donors (Lipinski definition) is 1. The Morgan fingerprint density at radius 1 is 0.923 bits per heavy atom. The lowest BCUT2D eigenvalue weighted by atomic mass is 10.1. The Balaban J connectivity index is 1.75. The van der Waals surface area contributed by atoms with Crippen molar-refractivity contribution < 1.29 is 9.59 Å². The van der Waals surface area contributed by atoms with E-state index in [1.54, 1.807) is 4.90 Å². The van der Waals surface area contributed by atoms with Gasteiger partial charge in [0.25, 0.3) is 0 Å². The van der Waals surface area contributed by atoms with Crippen molar-refractivity contribution in [3.8, 4) is 0 Å².